The summed E-state index contributed by atoms with van der Waals surface area (Å²) in [6.07, 6.45) is 1.29. The van der Waals surface area contributed by atoms with Gasteiger partial charge < -0.3 is 5.32 Å². The van der Waals surface area contributed by atoms with Crippen LogP contribution in [-0.2, 0) is 0 Å². The summed E-state index contributed by atoms with van der Waals surface area (Å²) in [5, 5.41) is 4.46. The van der Waals surface area contributed by atoms with Crippen molar-refractivity contribution in [2.24, 2.45) is 0 Å². The Morgan fingerprint density at radius 2 is 2.40 bits per heavy atom. The van der Waals surface area contributed by atoms with Gasteiger partial charge in [0, 0.05) is 22.9 Å². The van der Waals surface area contributed by atoms with Crippen LogP contribution in [0.1, 0.15) is 24.9 Å². The molecular formula is C12H16ClNS. The van der Waals surface area contributed by atoms with E-state index in [9.17, 15) is 0 Å². The van der Waals surface area contributed by atoms with Gasteiger partial charge in [-0.05, 0) is 36.8 Å². The van der Waals surface area contributed by atoms with Crippen molar-refractivity contribution in [3.8, 4) is 0 Å². The lowest BCUT2D eigenvalue weighted by Gasteiger charge is -2.19. The summed E-state index contributed by atoms with van der Waals surface area (Å²) in [4.78, 5) is 0. The molecule has 1 unspecified atom stereocenters. The lowest BCUT2D eigenvalue weighted by atomic mass is 10.1. The molecule has 0 radical (unpaired) electrons. The highest BCUT2D eigenvalue weighted by Crippen LogP contribution is 2.22. The van der Waals surface area contributed by atoms with E-state index >= 15 is 0 Å². The highest BCUT2D eigenvalue weighted by molar-refractivity contribution is 7.99. The van der Waals surface area contributed by atoms with Crippen molar-refractivity contribution in [2.45, 2.75) is 25.4 Å². The number of rotatable bonds is 3. The van der Waals surface area contributed by atoms with E-state index in [0.29, 0.717) is 12.1 Å². The summed E-state index contributed by atoms with van der Waals surface area (Å²) in [6.45, 7) is 2.20. The fourth-order valence-corrected chi connectivity index (χ4v) is 3.26. The topological polar surface area (TPSA) is 12.0 Å². The van der Waals surface area contributed by atoms with Crippen molar-refractivity contribution in [1.29, 1.82) is 0 Å². The Hall–Kier alpha value is -0.180. The minimum Gasteiger partial charge on any atom is -0.307 e. The third-order valence-electron chi connectivity index (χ3n) is 2.76. The molecule has 0 amide bonds. The molecule has 0 aliphatic carbocycles. The molecule has 1 N–H and O–H groups in total. The molecule has 0 aromatic heterocycles. The molecule has 0 spiro atoms. The van der Waals surface area contributed by atoms with E-state index in [1.165, 1.54) is 23.5 Å². The Bertz CT molecular complexity index is 323. The second-order valence-electron chi connectivity index (χ2n) is 4.00. The molecule has 2 rings (SSSR count). The number of halogens is 1. The lowest BCUT2D eigenvalue weighted by molar-refractivity contribution is 0.486. The molecule has 1 aliphatic rings. The predicted molar refractivity (Wildman–Crippen MR) is 68.7 cm³/mol. The largest absolute Gasteiger partial charge is 0.307 e. The van der Waals surface area contributed by atoms with Crippen LogP contribution in [0.5, 0.6) is 0 Å². The summed E-state index contributed by atoms with van der Waals surface area (Å²) in [6, 6.07) is 9.17. The van der Waals surface area contributed by atoms with E-state index < -0.39 is 0 Å². The summed E-state index contributed by atoms with van der Waals surface area (Å²) in [7, 11) is 0. The van der Waals surface area contributed by atoms with Crippen LogP contribution in [0.25, 0.3) is 0 Å². The zero-order valence-corrected chi connectivity index (χ0v) is 10.4. The van der Waals surface area contributed by atoms with Gasteiger partial charge in [-0.1, -0.05) is 23.7 Å². The highest BCUT2D eigenvalue weighted by Gasteiger charge is 2.17. The van der Waals surface area contributed by atoms with Gasteiger partial charge in [-0.2, -0.15) is 11.8 Å². The van der Waals surface area contributed by atoms with E-state index in [0.717, 1.165) is 5.02 Å². The van der Waals surface area contributed by atoms with Crippen LogP contribution in [0.15, 0.2) is 24.3 Å². The van der Waals surface area contributed by atoms with E-state index in [-0.39, 0.29) is 0 Å². The molecule has 82 valence electrons. The van der Waals surface area contributed by atoms with Gasteiger partial charge in [0.05, 0.1) is 0 Å². The van der Waals surface area contributed by atoms with Crippen LogP contribution in [0.4, 0.5) is 0 Å². The monoisotopic (exact) mass is 241 g/mol. The van der Waals surface area contributed by atoms with Crippen molar-refractivity contribution >= 4 is 23.4 Å². The molecule has 0 bridgehead atoms. The normalized spacial score (nSPS) is 22.9. The molecule has 1 fully saturated rings. The number of hydrogen-bond donors (Lipinski definition) is 1. The Labute approximate surface area is 101 Å². The van der Waals surface area contributed by atoms with Crippen LogP contribution in [0, 0.1) is 0 Å². The third-order valence-corrected chi connectivity index (χ3v) is 4.16. The van der Waals surface area contributed by atoms with Crippen molar-refractivity contribution in [1.82, 2.24) is 5.32 Å². The minimum atomic E-state index is 0.396. The quantitative estimate of drug-likeness (QED) is 0.870. The average molecular weight is 242 g/mol. The van der Waals surface area contributed by atoms with Crippen molar-refractivity contribution < 1.29 is 0 Å². The van der Waals surface area contributed by atoms with Crippen molar-refractivity contribution in [3.63, 3.8) is 0 Å². The Morgan fingerprint density at radius 1 is 1.53 bits per heavy atom. The maximum atomic E-state index is 5.97. The average Bonchev–Trinajstić information content (AvgIpc) is 2.70. The van der Waals surface area contributed by atoms with Crippen LogP contribution < -0.4 is 5.32 Å². The van der Waals surface area contributed by atoms with Gasteiger partial charge in [0.2, 0.25) is 0 Å². The lowest BCUT2D eigenvalue weighted by Crippen LogP contribution is -2.31. The molecule has 1 nitrogen and oxygen atoms in total. The summed E-state index contributed by atoms with van der Waals surface area (Å²) < 4.78 is 0. The first kappa shape index (κ1) is 11.3. The third kappa shape index (κ3) is 3.13. The number of hydrogen-bond acceptors (Lipinski definition) is 2. The van der Waals surface area contributed by atoms with E-state index in [1.807, 2.05) is 30.0 Å². The van der Waals surface area contributed by atoms with E-state index in [1.54, 1.807) is 0 Å². The molecule has 1 aromatic rings. The number of benzene rings is 1. The fraction of sp³-hybridized carbons (Fsp3) is 0.500. The summed E-state index contributed by atoms with van der Waals surface area (Å²) >= 11 is 8.01. The summed E-state index contributed by atoms with van der Waals surface area (Å²) in [5.74, 6) is 2.53. The molecule has 1 saturated heterocycles. The maximum Gasteiger partial charge on any atom is 0.0409 e. The standard InChI is InChI=1S/C12H16ClNS/c1-9(14-12-5-6-15-8-12)10-3-2-4-11(13)7-10/h2-4,7,9,12,14H,5-6,8H2,1H3/t9-,12?/m1/s1. The van der Waals surface area contributed by atoms with Crippen LogP contribution in [0.2, 0.25) is 5.02 Å². The van der Waals surface area contributed by atoms with Crippen LogP contribution in [0.3, 0.4) is 0 Å². The van der Waals surface area contributed by atoms with Gasteiger partial charge in [0.25, 0.3) is 0 Å². The van der Waals surface area contributed by atoms with Crippen LogP contribution >= 0.6 is 23.4 Å². The zero-order valence-electron chi connectivity index (χ0n) is 8.87. The second kappa shape index (κ2) is 5.24. The smallest absolute Gasteiger partial charge is 0.0409 e. The van der Waals surface area contributed by atoms with Gasteiger partial charge in [-0.15, -0.1) is 0 Å². The van der Waals surface area contributed by atoms with Gasteiger partial charge >= 0.3 is 0 Å². The molecule has 2 atom stereocenters. The fourth-order valence-electron chi connectivity index (χ4n) is 1.89. The highest BCUT2D eigenvalue weighted by atomic mass is 35.5. The predicted octanol–water partition coefficient (Wildman–Crippen LogP) is 3.50. The molecular weight excluding hydrogens is 226 g/mol. The van der Waals surface area contributed by atoms with E-state index in [4.69, 9.17) is 11.6 Å². The second-order valence-corrected chi connectivity index (χ2v) is 5.59. The molecule has 15 heavy (non-hydrogen) atoms. The first-order valence-electron chi connectivity index (χ1n) is 5.35. The van der Waals surface area contributed by atoms with Gasteiger partial charge in [-0.3, -0.25) is 0 Å². The minimum absolute atomic E-state index is 0.396. The Balaban J connectivity index is 1.97. The molecule has 1 heterocycles. The van der Waals surface area contributed by atoms with Crippen molar-refractivity contribution in [2.75, 3.05) is 11.5 Å². The Morgan fingerprint density at radius 3 is 3.07 bits per heavy atom. The summed E-state index contributed by atoms with van der Waals surface area (Å²) in [5.41, 5.74) is 1.28. The Kier molecular flexibility index (Phi) is 3.95. The number of nitrogens with one attached hydrogen (secondary N) is 1. The van der Waals surface area contributed by atoms with Gasteiger partial charge in [0.15, 0.2) is 0 Å². The molecule has 0 saturated carbocycles. The van der Waals surface area contributed by atoms with Crippen LogP contribution in [-0.4, -0.2) is 17.5 Å². The first-order chi connectivity index (χ1) is 7.25. The van der Waals surface area contributed by atoms with Gasteiger partial charge in [0.1, 0.15) is 0 Å². The molecule has 1 aromatic carbocycles. The maximum absolute atomic E-state index is 5.97. The SMILES string of the molecule is C[C@@H](NC1CCSC1)c1cccc(Cl)c1. The van der Waals surface area contributed by atoms with Crippen molar-refractivity contribution in [3.05, 3.63) is 34.9 Å². The molecule has 3 heteroatoms. The van der Waals surface area contributed by atoms with E-state index in [2.05, 4.69) is 18.3 Å². The zero-order chi connectivity index (χ0) is 10.7. The van der Waals surface area contributed by atoms with Gasteiger partial charge in [-0.25, -0.2) is 0 Å². The first-order valence-corrected chi connectivity index (χ1v) is 6.88. The molecule has 1 aliphatic heterocycles. The number of thioether (sulfide) groups is 1.